The van der Waals surface area contributed by atoms with Crippen molar-refractivity contribution >= 4 is 43.3 Å². The first-order valence-corrected chi connectivity index (χ1v) is 14.4. The summed E-state index contributed by atoms with van der Waals surface area (Å²) in [4.78, 5) is 73.4. The van der Waals surface area contributed by atoms with E-state index in [-0.39, 0.29) is 48.9 Å². The number of carbonyl (C=O) groups excluding carboxylic acids is 6. The molecule has 0 aliphatic heterocycles. The smallest absolute Gasteiger partial charge is 0.312 e. The van der Waals surface area contributed by atoms with Gasteiger partial charge in [-0.3, -0.25) is 24.0 Å². The zero-order chi connectivity index (χ0) is 31.5. The van der Waals surface area contributed by atoms with Gasteiger partial charge in [-0.2, -0.15) is 0 Å². The number of amides is 6. The third-order valence-electron chi connectivity index (χ3n) is 6.44. The Bertz CT molecular complexity index is 1080. The van der Waals surface area contributed by atoms with E-state index in [2.05, 4.69) is 26.6 Å². The van der Waals surface area contributed by atoms with Crippen LogP contribution in [-0.4, -0.2) is 74.5 Å². The van der Waals surface area contributed by atoms with Crippen molar-refractivity contribution in [3.05, 3.63) is 48.0 Å². The number of nitrogens with one attached hydrogen (secondary N) is 5. The maximum atomic E-state index is 13.1. The van der Waals surface area contributed by atoms with Gasteiger partial charge in [0.2, 0.25) is 23.6 Å². The van der Waals surface area contributed by atoms with E-state index < -0.39 is 29.9 Å². The molecule has 1 aromatic carbocycles. The van der Waals surface area contributed by atoms with Crippen molar-refractivity contribution in [2.24, 2.45) is 11.7 Å². The second-order valence-electron chi connectivity index (χ2n) is 10.4. The highest BCUT2D eigenvalue weighted by Gasteiger charge is 2.29. The van der Waals surface area contributed by atoms with E-state index >= 15 is 0 Å². The molecular formula is C29H45BN6O6. The third-order valence-corrected chi connectivity index (χ3v) is 6.44. The summed E-state index contributed by atoms with van der Waals surface area (Å²) < 4.78 is 0. The minimum Gasteiger partial charge on any atom is -0.353 e. The van der Waals surface area contributed by atoms with Gasteiger partial charge in [0.05, 0.1) is 0 Å². The average molecular weight is 585 g/mol. The Morgan fingerprint density at radius 3 is 2.12 bits per heavy atom. The lowest BCUT2D eigenvalue weighted by Crippen LogP contribution is -2.56. The van der Waals surface area contributed by atoms with Gasteiger partial charge in [-0.05, 0) is 44.6 Å². The summed E-state index contributed by atoms with van der Waals surface area (Å²) in [6.07, 6.45) is 4.93. The van der Waals surface area contributed by atoms with Crippen LogP contribution >= 0.6 is 0 Å². The van der Waals surface area contributed by atoms with Crippen LogP contribution in [0.1, 0.15) is 63.2 Å². The largest absolute Gasteiger partial charge is 0.353 e. The zero-order valence-corrected chi connectivity index (χ0v) is 25.0. The fourth-order valence-electron chi connectivity index (χ4n) is 3.81. The van der Waals surface area contributed by atoms with Gasteiger partial charge in [0, 0.05) is 37.2 Å². The van der Waals surface area contributed by atoms with E-state index in [0.717, 1.165) is 0 Å². The summed E-state index contributed by atoms with van der Waals surface area (Å²) in [5, 5.41) is 13.5. The number of unbranched alkanes of at least 4 members (excludes halogenated alkanes) is 1. The van der Waals surface area contributed by atoms with Crippen LogP contribution in [0.3, 0.4) is 0 Å². The summed E-state index contributed by atoms with van der Waals surface area (Å²) in [5.74, 6) is -2.06. The molecule has 230 valence electrons. The Kier molecular flexibility index (Phi) is 16.9. The summed E-state index contributed by atoms with van der Waals surface area (Å²) in [5.41, 5.74) is 5.58. The van der Waals surface area contributed by atoms with Gasteiger partial charge in [-0.25, -0.2) is 4.79 Å². The number of allylic oxidation sites excluding steroid dienone is 1. The number of ketones is 1. The van der Waals surface area contributed by atoms with Crippen molar-refractivity contribution in [1.82, 2.24) is 26.6 Å². The molecule has 0 fully saturated rings. The fraction of sp³-hybridized carbons (Fsp3) is 0.517. The minimum absolute atomic E-state index is 0.0844. The van der Waals surface area contributed by atoms with Gasteiger partial charge in [0.25, 0.3) is 0 Å². The quantitative estimate of drug-likeness (QED) is 0.0589. The predicted octanol–water partition coefficient (Wildman–Crippen LogP) is 0.342. The molecule has 7 N–H and O–H groups in total. The summed E-state index contributed by atoms with van der Waals surface area (Å²) in [7, 11) is 1.93. The molecule has 0 saturated heterocycles. The Hall–Kier alpha value is -4.16. The molecule has 0 aliphatic carbocycles. The molecule has 12 nitrogen and oxygen atoms in total. The highest BCUT2D eigenvalue weighted by Crippen LogP contribution is 2.07. The van der Waals surface area contributed by atoms with Crippen LogP contribution in [0.4, 0.5) is 4.79 Å². The molecule has 0 aromatic heterocycles. The molecule has 0 heterocycles. The Balaban J connectivity index is 2.54. The number of hydrogen-bond donors (Lipinski definition) is 6. The number of primary amides is 1. The van der Waals surface area contributed by atoms with Gasteiger partial charge in [-0.15, -0.1) is 0 Å². The predicted molar refractivity (Wildman–Crippen MR) is 163 cm³/mol. The van der Waals surface area contributed by atoms with Crippen LogP contribution in [0.2, 0.25) is 6.32 Å². The molecule has 0 spiro atoms. The van der Waals surface area contributed by atoms with E-state index in [1.807, 2.05) is 14.8 Å². The normalized spacial score (nSPS) is 13.0. The number of rotatable bonds is 19. The van der Waals surface area contributed by atoms with Crippen molar-refractivity contribution in [2.75, 3.05) is 13.1 Å². The fourth-order valence-corrected chi connectivity index (χ4v) is 3.81. The van der Waals surface area contributed by atoms with Crippen LogP contribution in [0.15, 0.2) is 42.5 Å². The Labute approximate surface area is 248 Å². The molecule has 42 heavy (non-hydrogen) atoms. The standard InChI is InChI=1S/C29H45BN6O6/c1-19(2)26(28(41)35-22(12-9-17-33-29(31)42)27(40)34-20(3)18-30)36-25(39)13-7-8-16-32-24(38)15-14-23(37)21-10-5-4-6-11-21/h4-6,10-11,14-15,19-20,22,26H,7-9,12-13,16-18,30H2,1-3H3,(H,32,38)(H,34,40)(H,35,41)(H,36,39)(H3,31,33,42)/b15-14+/t20-,22-,26?/m0/s1. The van der Waals surface area contributed by atoms with E-state index in [9.17, 15) is 28.8 Å². The highest BCUT2D eigenvalue weighted by molar-refractivity contribution is 6.09. The van der Waals surface area contributed by atoms with Crippen LogP contribution in [0, 0.1) is 5.92 Å². The van der Waals surface area contributed by atoms with Crippen molar-refractivity contribution in [3.8, 4) is 0 Å². The van der Waals surface area contributed by atoms with E-state index in [1.165, 1.54) is 12.2 Å². The van der Waals surface area contributed by atoms with E-state index in [1.54, 1.807) is 44.2 Å². The molecule has 0 bridgehead atoms. The number of nitrogens with two attached hydrogens (primary N) is 1. The topological polar surface area (TPSA) is 189 Å². The first kappa shape index (κ1) is 35.9. The Morgan fingerprint density at radius 1 is 0.833 bits per heavy atom. The summed E-state index contributed by atoms with van der Waals surface area (Å²) >= 11 is 0. The van der Waals surface area contributed by atoms with Crippen molar-refractivity contribution < 1.29 is 28.8 Å². The molecule has 0 saturated carbocycles. The molecule has 0 aliphatic rings. The zero-order valence-electron chi connectivity index (χ0n) is 25.0. The number of urea groups is 1. The second-order valence-corrected chi connectivity index (χ2v) is 10.4. The third kappa shape index (κ3) is 15.0. The van der Waals surface area contributed by atoms with Crippen molar-refractivity contribution in [3.63, 3.8) is 0 Å². The lowest BCUT2D eigenvalue weighted by atomic mass is 9.98. The minimum atomic E-state index is -0.855. The molecule has 1 aromatic rings. The second kappa shape index (κ2) is 19.8. The maximum absolute atomic E-state index is 13.1. The van der Waals surface area contributed by atoms with Crippen LogP contribution in [-0.2, 0) is 19.2 Å². The monoisotopic (exact) mass is 584 g/mol. The lowest BCUT2D eigenvalue weighted by Gasteiger charge is -2.26. The van der Waals surface area contributed by atoms with Crippen LogP contribution in [0.5, 0.6) is 0 Å². The van der Waals surface area contributed by atoms with E-state index in [0.29, 0.717) is 37.7 Å². The highest BCUT2D eigenvalue weighted by atomic mass is 16.2. The SMILES string of the molecule is BC[C@H](C)NC(=O)[C@H](CCCNC(N)=O)NC(=O)C(NC(=O)CCCCNC(=O)/C=C/C(=O)c1ccccc1)C(C)C. The van der Waals surface area contributed by atoms with Gasteiger partial charge >= 0.3 is 6.03 Å². The molecule has 1 unspecified atom stereocenters. The van der Waals surface area contributed by atoms with Gasteiger partial charge in [0.15, 0.2) is 5.78 Å². The van der Waals surface area contributed by atoms with Crippen LogP contribution < -0.4 is 32.3 Å². The van der Waals surface area contributed by atoms with Gasteiger partial charge < -0.3 is 32.3 Å². The maximum Gasteiger partial charge on any atom is 0.312 e. The molecule has 1 rings (SSSR count). The average Bonchev–Trinajstić information content (AvgIpc) is 2.95. The number of benzene rings is 1. The van der Waals surface area contributed by atoms with Gasteiger partial charge in [0.1, 0.15) is 19.9 Å². The summed E-state index contributed by atoms with van der Waals surface area (Å²) in [6, 6.07) is 6.16. The van der Waals surface area contributed by atoms with Crippen LogP contribution in [0.25, 0.3) is 0 Å². The molecular weight excluding hydrogens is 539 g/mol. The first-order chi connectivity index (χ1) is 19.9. The summed E-state index contributed by atoms with van der Waals surface area (Å²) in [6.45, 7) is 6.02. The van der Waals surface area contributed by atoms with E-state index in [4.69, 9.17) is 5.73 Å². The van der Waals surface area contributed by atoms with Crippen molar-refractivity contribution in [1.29, 1.82) is 0 Å². The molecule has 0 radical (unpaired) electrons. The molecule has 3 atom stereocenters. The van der Waals surface area contributed by atoms with Gasteiger partial charge in [-0.1, -0.05) is 50.5 Å². The van der Waals surface area contributed by atoms with Crippen molar-refractivity contribution in [2.45, 2.75) is 77.3 Å². The number of hydrogen-bond acceptors (Lipinski definition) is 6. The Morgan fingerprint density at radius 2 is 1.50 bits per heavy atom. The number of carbonyl (C=O) groups is 6. The first-order valence-electron chi connectivity index (χ1n) is 14.4. The molecule has 6 amide bonds. The molecule has 13 heteroatoms. The lowest BCUT2D eigenvalue weighted by molar-refractivity contribution is -0.133.